The van der Waals surface area contributed by atoms with Crippen LogP contribution in [-0.4, -0.2) is 12.2 Å². The SMILES string of the molecule is CNc1conc1C1(C)Cc2cccc(C)c2C1. The maximum Gasteiger partial charge on any atom is 0.147 e. The van der Waals surface area contributed by atoms with Gasteiger partial charge in [0.25, 0.3) is 0 Å². The minimum atomic E-state index is 0.0415. The van der Waals surface area contributed by atoms with Gasteiger partial charge in [0.05, 0.1) is 5.69 Å². The summed E-state index contributed by atoms with van der Waals surface area (Å²) >= 11 is 0. The Morgan fingerprint density at radius 3 is 2.89 bits per heavy atom. The normalized spacial score (nSPS) is 21.9. The van der Waals surface area contributed by atoms with Crippen molar-refractivity contribution in [3.05, 3.63) is 46.8 Å². The first-order valence-electron chi connectivity index (χ1n) is 6.34. The molecule has 1 aromatic heterocycles. The van der Waals surface area contributed by atoms with E-state index in [1.807, 2.05) is 7.05 Å². The monoisotopic (exact) mass is 242 g/mol. The standard InChI is InChI=1S/C15H18N2O/c1-10-5-4-6-11-7-15(2,8-12(10)11)14-13(16-3)9-18-17-14/h4-6,9,16H,7-8H2,1-3H3. The lowest BCUT2D eigenvalue weighted by molar-refractivity contribution is 0.379. The number of rotatable bonds is 2. The van der Waals surface area contributed by atoms with Crippen molar-refractivity contribution < 1.29 is 4.52 Å². The van der Waals surface area contributed by atoms with Crippen molar-refractivity contribution in [1.82, 2.24) is 5.16 Å². The predicted octanol–water partition coefficient (Wildman–Crippen LogP) is 3.08. The van der Waals surface area contributed by atoms with Gasteiger partial charge in [-0.2, -0.15) is 0 Å². The quantitative estimate of drug-likeness (QED) is 0.879. The smallest absolute Gasteiger partial charge is 0.147 e. The zero-order valence-corrected chi connectivity index (χ0v) is 11.1. The summed E-state index contributed by atoms with van der Waals surface area (Å²) in [5.41, 5.74) is 6.39. The second-order valence-corrected chi connectivity index (χ2v) is 5.45. The van der Waals surface area contributed by atoms with E-state index in [0.29, 0.717) is 0 Å². The molecule has 1 N–H and O–H groups in total. The average molecular weight is 242 g/mol. The van der Waals surface area contributed by atoms with Crippen LogP contribution in [0.15, 0.2) is 29.0 Å². The minimum Gasteiger partial charge on any atom is -0.384 e. The highest BCUT2D eigenvalue weighted by atomic mass is 16.5. The molecule has 3 nitrogen and oxygen atoms in total. The van der Waals surface area contributed by atoms with E-state index in [1.54, 1.807) is 6.26 Å². The van der Waals surface area contributed by atoms with Crippen LogP contribution >= 0.6 is 0 Å². The Labute approximate surface area is 107 Å². The van der Waals surface area contributed by atoms with E-state index in [9.17, 15) is 0 Å². The number of hydrogen-bond acceptors (Lipinski definition) is 3. The van der Waals surface area contributed by atoms with Crippen molar-refractivity contribution in [2.75, 3.05) is 12.4 Å². The molecule has 1 heterocycles. The van der Waals surface area contributed by atoms with Crippen LogP contribution < -0.4 is 5.32 Å². The van der Waals surface area contributed by atoms with E-state index in [0.717, 1.165) is 24.2 Å². The van der Waals surface area contributed by atoms with Crippen molar-refractivity contribution in [3.8, 4) is 0 Å². The third-order valence-electron chi connectivity index (χ3n) is 4.07. The molecule has 0 amide bonds. The Morgan fingerprint density at radius 1 is 1.33 bits per heavy atom. The summed E-state index contributed by atoms with van der Waals surface area (Å²) in [4.78, 5) is 0. The van der Waals surface area contributed by atoms with Crippen LogP contribution in [0.2, 0.25) is 0 Å². The maximum absolute atomic E-state index is 5.13. The number of anilines is 1. The number of hydrogen-bond donors (Lipinski definition) is 1. The molecule has 0 aliphatic heterocycles. The Bertz CT molecular complexity index is 588. The fourth-order valence-electron chi connectivity index (χ4n) is 3.07. The van der Waals surface area contributed by atoms with E-state index in [4.69, 9.17) is 4.52 Å². The van der Waals surface area contributed by atoms with Gasteiger partial charge in [0.1, 0.15) is 12.0 Å². The van der Waals surface area contributed by atoms with Gasteiger partial charge in [-0.3, -0.25) is 0 Å². The molecule has 0 fully saturated rings. The van der Waals surface area contributed by atoms with Crippen LogP contribution in [0, 0.1) is 6.92 Å². The molecule has 0 bridgehead atoms. The van der Waals surface area contributed by atoms with Gasteiger partial charge >= 0.3 is 0 Å². The Morgan fingerprint density at radius 2 is 2.17 bits per heavy atom. The fraction of sp³-hybridized carbons (Fsp3) is 0.400. The Hall–Kier alpha value is -1.77. The molecule has 1 aromatic carbocycles. The van der Waals surface area contributed by atoms with Gasteiger partial charge in [0.15, 0.2) is 0 Å². The lowest BCUT2D eigenvalue weighted by Gasteiger charge is -2.21. The molecule has 1 aliphatic carbocycles. The van der Waals surface area contributed by atoms with Crippen molar-refractivity contribution in [2.24, 2.45) is 0 Å². The van der Waals surface area contributed by atoms with Gasteiger partial charge in [-0.15, -0.1) is 0 Å². The number of aromatic nitrogens is 1. The molecule has 94 valence electrons. The summed E-state index contributed by atoms with van der Waals surface area (Å²) in [5.74, 6) is 0. The lowest BCUT2D eigenvalue weighted by atomic mass is 9.83. The zero-order valence-electron chi connectivity index (χ0n) is 11.1. The predicted molar refractivity (Wildman–Crippen MR) is 72.0 cm³/mol. The first-order chi connectivity index (χ1) is 8.64. The van der Waals surface area contributed by atoms with Gasteiger partial charge in [-0.05, 0) is 36.5 Å². The summed E-state index contributed by atoms with van der Waals surface area (Å²) in [6, 6.07) is 6.56. The van der Waals surface area contributed by atoms with Crippen molar-refractivity contribution in [1.29, 1.82) is 0 Å². The van der Waals surface area contributed by atoms with E-state index in [2.05, 4.69) is 42.5 Å². The minimum absolute atomic E-state index is 0.0415. The first-order valence-corrected chi connectivity index (χ1v) is 6.34. The second kappa shape index (κ2) is 3.87. The summed E-state index contributed by atoms with van der Waals surface area (Å²) < 4.78 is 5.13. The molecule has 0 saturated carbocycles. The molecular formula is C15H18N2O. The molecular weight excluding hydrogens is 224 g/mol. The summed E-state index contributed by atoms with van der Waals surface area (Å²) in [6.45, 7) is 4.46. The first kappa shape index (κ1) is 11.3. The highest BCUT2D eigenvalue weighted by Gasteiger charge is 2.39. The summed E-state index contributed by atoms with van der Waals surface area (Å²) in [6.07, 6.45) is 3.76. The zero-order chi connectivity index (χ0) is 12.8. The van der Waals surface area contributed by atoms with Gasteiger partial charge in [-0.1, -0.05) is 30.3 Å². The van der Waals surface area contributed by atoms with E-state index < -0.39 is 0 Å². The summed E-state index contributed by atoms with van der Waals surface area (Å²) in [7, 11) is 1.91. The molecule has 1 aliphatic rings. The fourth-order valence-corrected chi connectivity index (χ4v) is 3.07. The molecule has 0 saturated heterocycles. The summed E-state index contributed by atoms with van der Waals surface area (Å²) in [5, 5.41) is 7.38. The van der Waals surface area contributed by atoms with Gasteiger partial charge in [0.2, 0.25) is 0 Å². The van der Waals surface area contributed by atoms with Crippen molar-refractivity contribution >= 4 is 5.69 Å². The lowest BCUT2D eigenvalue weighted by Crippen LogP contribution is -2.24. The maximum atomic E-state index is 5.13. The molecule has 3 rings (SSSR count). The molecule has 1 atom stereocenters. The highest BCUT2D eigenvalue weighted by Crippen LogP contribution is 2.42. The Kier molecular flexibility index (Phi) is 2.44. The molecule has 2 aromatic rings. The van der Waals surface area contributed by atoms with Gasteiger partial charge in [0, 0.05) is 12.5 Å². The van der Waals surface area contributed by atoms with Crippen LogP contribution in [0.4, 0.5) is 5.69 Å². The third kappa shape index (κ3) is 1.54. The number of nitrogens with one attached hydrogen (secondary N) is 1. The number of aryl methyl sites for hydroxylation is 1. The number of benzene rings is 1. The van der Waals surface area contributed by atoms with E-state index in [1.165, 1.54) is 16.7 Å². The average Bonchev–Trinajstić information content (AvgIpc) is 2.93. The van der Waals surface area contributed by atoms with Crippen molar-refractivity contribution in [2.45, 2.75) is 32.1 Å². The highest BCUT2D eigenvalue weighted by molar-refractivity contribution is 5.52. The van der Waals surface area contributed by atoms with E-state index >= 15 is 0 Å². The molecule has 3 heteroatoms. The molecule has 18 heavy (non-hydrogen) atoms. The van der Waals surface area contributed by atoms with E-state index in [-0.39, 0.29) is 5.41 Å². The second-order valence-electron chi connectivity index (χ2n) is 5.45. The van der Waals surface area contributed by atoms with Crippen LogP contribution in [-0.2, 0) is 18.3 Å². The van der Waals surface area contributed by atoms with Crippen LogP contribution in [0.25, 0.3) is 0 Å². The molecule has 0 spiro atoms. The largest absolute Gasteiger partial charge is 0.384 e. The third-order valence-corrected chi connectivity index (χ3v) is 4.07. The van der Waals surface area contributed by atoms with Crippen LogP contribution in [0.5, 0.6) is 0 Å². The van der Waals surface area contributed by atoms with Crippen molar-refractivity contribution in [3.63, 3.8) is 0 Å². The number of fused-ring (bicyclic) bond motifs is 1. The van der Waals surface area contributed by atoms with Gasteiger partial charge in [-0.25, -0.2) is 0 Å². The topological polar surface area (TPSA) is 38.1 Å². The molecule has 1 unspecified atom stereocenters. The Balaban J connectivity index is 2.04. The van der Waals surface area contributed by atoms with Gasteiger partial charge < -0.3 is 9.84 Å². The van der Waals surface area contributed by atoms with Crippen LogP contribution in [0.3, 0.4) is 0 Å². The number of nitrogens with zero attached hydrogens (tertiary/aromatic N) is 1. The van der Waals surface area contributed by atoms with Crippen LogP contribution in [0.1, 0.15) is 29.3 Å². The molecule has 0 radical (unpaired) electrons.